The Balaban J connectivity index is 1.48. The summed E-state index contributed by atoms with van der Waals surface area (Å²) in [4.78, 5) is 12.3. The third-order valence-electron chi connectivity index (χ3n) is 4.36. The predicted molar refractivity (Wildman–Crippen MR) is 127 cm³/mol. The molecule has 0 atom stereocenters. The first kappa shape index (κ1) is 21.9. The molecular weight excluding hydrogens is 493 g/mol. The Morgan fingerprint density at radius 3 is 2.53 bits per heavy atom. The number of amides is 1. The van der Waals surface area contributed by atoms with Crippen molar-refractivity contribution in [1.82, 2.24) is 20.2 Å². The number of benzene rings is 3. The van der Waals surface area contributed by atoms with Crippen LogP contribution in [0.1, 0.15) is 5.56 Å². The van der Waals surface area contributed by atoms with Crippen LogP contribution < -0.4 is 5.43 Å². The summed E-state index contributed by atoms with van der Waals surface area (Å²) in [6, 6.07) is 23.9. The minimum absolute atomic E-state index is 0.0675. The smallest absolute Gasteiger partial charge is 0.250 e. The van der Waals surface area contributed by atoms with Crippen molar-refractivity contribution in [1.29, 1.82) is 0 Å². The first-order chi connectivity index (χ1) is 15.6. The molecule has 32 heavy (non-hydrogen) atoms. The minimum atomic E-state index is -0.426. The second kappa shape index (κ2) is 10.3. The number of thioether (sulfide) groups is 1. The van der Waals surface area contributed by atoms with Crippen molar-refractivity contribution in [3.05, 3.63) is 94.7 Å². The van der Waals surface area contributed by atoms with Crippen LogP contribution in [0.4, 0.5) is 4.39 Å². The summed E-state index contributed by atoms with van der Waals surface area (Å²) in [6.45, 7) is 0. The summed E-state index contributed by atoms with van der Waals surface area (Å²) >= 11 is 4.52. The minimum Gasteiger partial charge on any atom is -0.272 e. The van der Waals surface area contributed by atoms with Gasteiger partial charge in [-0.3, -0.25) is 9.36 Å². The van der Waals surface area contributed by atoms with Crippen molar-refractivity contribution in [3.8, 4) is 17.1 Å². The van der Waals surface area contributed by atoms with Crippen molar-refractivity contribution in [2.75, 3.05) is 5.75 Å². The number of nitrogens with one attached hydrogen (secondary N) is 1. The highest BCUT2D eigenvalue weighted by Gasteiger charge is 2.17. The van der Waals surface area contributed by atoms with Gasteiger partial charge in [-0.2, -0.15) is 5.10 Å². The lowest BCUT2D eigenvalue weighted by Gasteiger charge is -2.10. The zero-order valence-electron chi connectivity index (χ0n) is 16.7. The van der Waals surface area contributed by atoms with Crippen LogP contribution in [0, 0.1) is 5.82 Å². The molecule has 0 saturated heterocycles. The standard InChI is InChI=1S/C23H17BrFN5OS/c24-18-11-12-20(25)17(13-18)14-26-27-21(31)15-32-23-29-28-22(16-7-3-1-4-8-16)30(23)19-9-5-2-6-10-19/h1-14H,15H2,(H,27,31). The molecule has 0 aliphatic heterocycles. The Labute approximate surface area is 196 Å². The maximum Gasteiger partial charge on any atom is 0.250 e. The van der Waals surface area contributed by atoms with Crippen molar-refractivity contribution in [2.45, 2.75) is 5.16 Å². The molecule has 0 aliphatic carbocycles. The van der Waals surface area contributed by atoms with Crippen LogP contribution >= 0.6 is 27.7 Å². The molecule has 160 valence electrons. The van der Waals surface area contributed by atoms with Crippen molar-refractivity contribution >= 4 is 39.8 Å². The van der Waals surface area contributed by atoms with E-state index in [2.05, 4.69) is 36.7 Å². The Hall–Kier alpha value is -3.30. The Bertz CT molecular complexity index is 1250. The number of rotatable bonds is 7. The predicted octanol–water partition coefficient (Wildman–Crippen LogP) is 5.08. The van der Waals surface area contributed by atoms with Crippen LogP contribution in [0.15, 0.2) is 93.6 Å². The summed E-state index contributed by atoms with van der Waals surface area (Å²) in [5.41, 5.74) is 4.49. The highest BCUT2D eigenvalue weighted by atomic mass is 79.9. The van der Waals surface area contributed by atoms with Crippen LogP contribution in [0.3, 0.4) is 0 Å². The van der Waals surface area contributed by atoms with E-state index >= 15 is 0 Å². The summed E-state index contributed by atoms with van der Waals surface area (Å²) in [6.07, 6.45) is 1.27. The van der Waals surface area contributed by atoms with Gasteiger partial charge in [0.25, 0.3) is 5.91 Å². The monoisotopic (exact) mass is 509 g/mol. The third-order valence-corrected chi connectivity index (χ3v) is 5.79. The first-order valence-electron chi connectivity index (χ1n) is 9.58. The van der Waals surface area contributed by atoms with Crippen LogP contribution in [0.25, 0.3) is 17.1 Å². The number of halogens is 2. The molecule has 0 bridgehead atoms. The SMILES string of the molecule is O=C(CSc1nnc(-c2ccccc2)n1-c1ccccc1)NN=Cc1cc(Br)ccc1F. The quantitative estimate of drug-likeness (QED) is 0.214. The molecule has 6 nitrogen and oxygen atoms in total. The van der Waals surface area contributed by atoms with Crippen LogP contribution in [-0.2, 0) is 4.79 Å². The Kier molecular flexibility index (Phi) is 7.08. The maximum atomic E-state index is 13.8. The molecule has 4 aromatic rings. The number of hydrazone groups is 1. The fraction of sp³-hybridized carbons (Fsp3) is 0.0435. The summed E-state index contributed by atoms with van der Waals surface area (Å²) in [7, 11) is 0. The second-order valence-corrected chi connectivity index (χ2v) is 8.45. The molecule has 0 spiro atoms. The van der Waals surface area contributed by atoms with Gasteiger partial charge < -0.3 is 0 Å². The number of aromatic nitrogens is 3. The van der Waals surface area contributed by atoms with E-state index in [-0.39, 0.29) is 17.2 Å². The normalized spacial score (nSPS) is 11.1. The van der Waals surface area contributed by atoms with Crippen molar-refractivity contribution in [2.24, 2.45) is 5.10 Å². The average Bonchev–Trinajstić information content (AvgIpc) is 3.25. The number of para-hydroxylation sites is 1. The van der Waals surface area contributed by atoms with E-state index in [1.807, 2.05) is 65.2 Å². The Morgan fingerprint density at radius 1 is 1.06 bits per heavy atom. The average molecular weight is 510 g/mol. The molecule has 1 heterocycles. The number of hydrogen-bond acceptors (Lipinski definition) is 5. The first-order valence-corrected chi connectivity index (χ1v) is 11.4. The molecule has 0 fully saturated rings. The van der Waals surface area contributed by atoms with E-state index in [4.69, 9.17) is 0 Å². The van der Waals surface area contributed by atoms with E-state index in [1.165, 1.54) is 24.0 Å². The van der Waals surface area contributed by atoms with Crippen LogP contribution in [-0.4, -0.2) is 32.6 Å². The van der Waals surface area contributed by atoms with Gasteiger partial charge in [0, 0.05) is 21.3 Å². The molecule has 1 N–H and O–H groups in total. The molecule has 3 aromatic carbocycles. The van der Waals surface area contributed by atoms with Gasteiger partial charge in [0.15, 0.2) is 11.0 Å². The van der Waals surface area contributed by atoms with Gasteiger partial charge in [-0.05, 0) is 30.3 Å². The maximum absolute atomic E-state index is 13.8. The summed E-state index contributed by atoms with van der Waals surface area (Å²) in [5.74, 6) is -0.0173. The van der Waals surface area contributed by atoms with Gasteiger partial charge in [-0.25, -0.2) is 9.82 Å². The van der Waals surface area contributed by atoms with E-state index in [0.29, 0.717) is 11.0 Å². The largest absolute Gasteiger partial charge is 0.272 e. The van der Waals surface area contributed by atoms with Gasteiger partial charge in [-0.15, -0.1) is 10.2 Å². The molecule has 0 unspecified atom stereocenters. The van der Waals surface area contributed by atoms with E-state index in [9.17, 15) is 9.18 Å². The molecule has 1 amide bonds. The highest BCUT2D eigenvalue weighted by Crippen LogP contribution is 2.27. The molecule has 9 heteroatoms. The van der Waals surface area contributed by atoms with Gasteiger partial charge >= 0.3 is 0 Å². The lowest BCUT2D eigenvalue weighted by molar-refractivity contribution is -0.118. The van der Waals surface area contributed by atoms with Crippen LogP contribution in [0.2, 0.25) is 0 Å². The van der Waals surface area contributed by atoms with E-state index in [1.54, 1.807) is 12.1 Å². The van der Waals surface area contributed by atoms with Crippen molar-refractivity contribution < 1.29 is 9.18 Å². The highest BCUT2D eigenvalue weighted by molar-refractivity contribution is 9.10. The molecular formula is C23H17BrFN5OS. The molecule has 0 aliphatic rings. The molecule has 0 saturated carbocycles. The van der Waals surface area contributed by atoms with Gasteiger partial charge in [0.05, 0.1) is 12.0 Å². The zero-order valence-corrected chi connectivity index (χ0v) is 19.1. The topological polar surface area (TPSA) is 72.2 Å². The third kappa shape index (κ3) is 5.30. The van der Waals surface area contributed by atoms with Gasteiger partial charge in [-0.1, -0.05) is 76.2 Å². The number of hydrogen-bond donors (Lipinski definition) is 1. The fourth-order valence-electron chi connectivity index (χ4n) is 2.90. The zero-order chi connectivity index (χ0) is 22.3. The fourth-order valence-corrected chi connectivity index (χ4v) is 4.02. The Morgan fingerprint density at radius 2 is 1.78 bits per heavy atom. The number of carbonyl (C=O) groups is 1. The van der Waals surface area contributed by atoms with E-state index < -0.39 is 5.82 Å². The lowest BCUT2D eigenvalue weighted by Crippen LogP contribution is -2.20. The molecule has 1 aromatic heterocycles. The molecule has 0 radical (unpaired) electrons. The summed E-state index contributed by atoms with van der Waals surface area (Å²) in [5, 5.41) is 13.1. The van der Waals surface area contributed by atoms with Gasteiger partial charge in [0.2, 0.25) is 0 Å². The van der Waals surface area contributed by atoms with Gasteiger partial charge in [0.1, 0.15) is 5.82 Å². The number of nitrogens with zero attached hydrogens (tertiary/aromatic N) is 4. The summed E-state index contributed by atoms with van der Waals surface area (Å²) < 4.78 is 16.4. The van der Waals surface area contributed by atoms with E-state index in [0.717, 1.165) is 15.7 Å². The number of carbonyl (C=O) groups excluding carboxylic acids is 1. The van der Waals surface area contributed by atoms with Crippen molar-refractivity contribution in [3.63, 3.8) is 0 Å². The molecule has 4 rings (SSSR count). The lowest BCUT2D eigenvalue weighted by atomic mass is 10.2. The van der Waals surface area contributed by atoms with Crippen LogP contribution in [0.5, 0.6) is 0 Å². The second-order valence-electron chi connectivity index (χ2n) is 6.59.